The second-order valence-corrected chi connectivity index (χ2v) is 19.2. The molecule has 0 aromatic carbocycles. The highest BCUT2D eigenvalue weighted by atomic mass is 16.7. The molecule has 19 atom stereocenters. The van der Waals surface area contributed by atoms with Crippen LogP contribution in [-0.2, 0) is 38.0 Å². The van der Waals surface area contributed by atoms with E-state index in [0.717, 1.165) is 13.0 Å². The zero-order chi connectivity index (χ0) is 43.7. The molecule has 0 radical (unpaired) electrons. The van der Waals surface area contributed by atoms with Crippen LogP contribution in [0.4, 0.5) is 0 Å². The molecular formula is C44H85N3O12. The Morgan fingerprint density at radius 3 is 2.19 bits per heavy atom. The molecule has 0 aromatic heterocycles. The second-order valence-electron chi connectivity index (χ2n) is 19.2. The van der Waals surface area contributed by atoms with Crippen LogP contribution < -0.4 is 5.32 Å². The molecule has 4 aliphatic rings. The largest absolute Gasteiger partial charge is 0.459 e. The number of hydrogen-bond donors (Lipinski definition) is 5. The fraction of sp³-hybridized carbons (Fsp3) is 0.977. The Bertz CT molecular complexity index is 1330. The number of aliphatic hydroxyl groups is 4. The van der Waals surface area contributed by atoms with E-state index in [1.165, 1.54) is 6.92 Å². The van der Waals surface area contributed by atoms with E-state index in [2.05, 4.69) is 17.1 Å². The van der Waals surface area contributed by atoms with Gasteiger partial charge in [-0.3, -0.25) is 9.69 Å². The summed E-state index contributed by atoms with van der Waals surface area (Å²) in [6.07, 6.45) is -5.99. The minimum atomic E-state index is -1.80. The average molecular weight is 848 g/mol. The highest BCUT2D eigenvalue weighted by Gasteiger charge is 2.64. The van der Waals surface area contributed by atoms with Crippen molar-refractivity contribution in [1.29, 1.82) is 0 Å². The van der Waals surface area contributed by atoms with Gasteiger partial charge >= 0.3 is 5.97 Å². The van der Waals surface area contributed by atoms with Gasteiger partial charge in [0.15, 0.2) is 12.6 Å². The number of carbonyl (C=O) groups excluding carboxylic acids is 1. The summed E-state index contributed by atoms with van der Waals surface area (Å²) >= 11 is 0. The minimum Gasteiger partial charge on any atom is -0.459 e. The number of aliphatic hydroxyl groups excluding tert-OH is 2. The monoisotopic (exact) mass is 848 g/mol. The van der Waals surface area contributed by atoms with E-state index < -0.39 is 95.5 Å². The molecular weight excluding hydrogens is 762 g/mol. The molecule has 5 N–H and O–H groups in total. The lowest BCUT2D eigenvalue weighted by molar-refractivity contribution is -0.338. The number of nitrogens with zero attached hydrogens (tertiary/aromatic N) is 2. The van der Waals surface area contributed by atoms with Gasteiger partial charge in [-0.2, -0.15) is 0 Å². The maximum Gasteiger partial charge on any atom is 0.311 e. The molecule has 4 rings (SSSR count). The Morgan fingerprint density at radius 1 is 0.966 bits per heavy atom. The maximum atomic E-state index is 14.4. The highest BCUT2D eigenvalue weighted by Crippen LogP contribution is 2.48. The number of nitrogens with one attached hydrogen (secondary N) is 1. The molecule has 0 aromatic rings. The quantitative estimate of drug-likeness (QED) is 0.212. The number of methoxy groups -OCH3 is 1. The normalized spacial score (nSPS) is 48.6. The van der Waals surface area contributed by atoms with E-state index in [4.69, 9.17) is 33.2 Å². The van der Waals surface area contributed by atoms with Crippen molar-refractivity contribution in [2.75, 3.05) is 40.8 Å². The first kappa shape index (κ1) is 52.3. The summed E-state index contributed by atoms with van der Waals surface area (Å²) in [6.45, 7) is 24.2. The molecule has 4 heterocycles. The number of likely N-dealkylation sites (N-methyl/N-ethyl adjacent to an activating group) is 1. The third kappa shape index (κ3) is 11.0. The first-order valence-corrected chi connectivity index (χ1v) is 21.9. The fourth-order valence-corrected chi connectivity index (χ4v) is 10.3. The Hall–Kier alpha value is -1.05. The van der Waals surface area contributed by atoms with E-state index in [1.807, 2.05) is 60.5 Å². The zero-order valence-electron chi connectivity index (χ0n) is 38.3. The van der Waals surface area contributed by atoms with Gasteiger partial charge in [0.05, 0.1) is 35.9 Å². The zero-order valence-corrected chi connectivity index (χ0v) is 38.3. The summed E-state index contributed by atoms with van der Waals surface area (Å²) < 4.78 is 45.9. The molecule has 0 bridgehead atoms. The molecule has 15 heteroatoms. The topological polar surface area (TPSA) is 181 Å². The SMILES string of the molecule is C.CCCN1C[C@]2(OC1C)[C@H](C)O[C@@H](O[C@H]1[C@H](C)[C@@H](O[C@@H]3O[C@H](C)C[C@H](N(C)C)[C@H]3O)[C@](C)(O)C[C@@H](C)CN[C@H](C)[C@@H](O)[C@](C)(O)[C@@H](CC)OC(=O)[C@@H]1C)C[C@@]2(C)OC. The van der Waals surface area contributed by atoms with Crippen molar-refractivity contribution < 1.29 is 58.4 Å². The minimum absolute atomic E-state index is 0. The molecule has 15 nitrogen and oxygen atoms in total. The lowest BCUT2D eigenvalue weighted by Gasteiger charge is -2.54. The van der Waals surface area contributed by atoms with Crippen molar-refractivity contribution in [2.45, 2.75) is 219 Å². The fourth-order valence-electron chi connectivity index (χ4n) is 10.3. The van der Waals surface area contributed by atoms with Crippen molar-refractivity contribution >= 4 is 5.97 Å². The van der Waals surface area contributed by atoms with E-state index in [9.17, 15) is 25.2 Å². The average Bonchev–Trinajstić information content (AvgIpc) is 3.49. The van der Waals surface area contributed by atoms with E-state index in [1.54, 1.807) is 34.8 Å². The summed E-state index contributed by atoms with van der Waals surface area (Å²) in [5, 5.41) is 50.7. The van der Waals surface area contributed by atoms with E-state index >= 15 is 0 Å². The Labute approximate surface area is 356 Å². The number of ether oxygens (including phenoxy) is 7. The Balaban J connectivity index is 0.00000930. The number of rotatable bonds is 9. The van der Waals surface area contributed by atoms with Crippen LogP contribution >= 0.6 is 0 Å². The molecule has 1 unspecified atom stereocenters. The van der Waals surface area contributed by atoms with Gasteiger partial charge in [0.1, 0.15) is 41.3 Å². The molecule has 0 aliphatic carbocycles. The van der Waals surface area contributed by atoms with Crippen LogP contribution in [0, 0.1) is 17.8 Å². The summed E-state index contributed by atoms with van der Waals surface area (Å²) in [5.74, 6) is -2.53. The molecule has 4 saturated heterocycles. The Kier molecular flexibility index (Phi) is 18.3. The molecule has 0 saturated carbocycles. The van der Waals surface area contributed by atoms with Crippen LogP contribution in [0.15, 0.2) is 0 Å². The van der Waals surface area contributed by atoms with Gasteiger partial charge in [-0.05, 0) is 108 Å². The first-order chi connectivity index (χ1) is 26.9. The van der Waals surface area contributed by atoms with Crippen molar-refractivity contribution in [3.8, 4) is 0 Å². The van der Waals surface area contributed by atoms with Crippen molar-refractivity contribution in [1.82, 2.24) is 15.1 Å². The van der Waals surface area contributed by atoms with Crippen LogP contribution in [-0.4, -0.2) is 173 Å². The van der Waals surface area contributed by atoms with Crippen molar-refractivity contribution in [3.05, 3.63) is 0 Å². The van der Waals surface area contributed by atoms with Gasteiger partial charge in [-0.1, -0.05) is 35.1 Å². The highest BCUT2D eigenvalue weighted by molar-refractivity contribution is 5.73. The lowest BCUT2D eigenvalue weighted by atomic mass is 9.75. The predicted octanol–water partition coefficient (Wildman–Crippen LogP) is 3.66. The maximum absolute atomic E-state index is 14.4. The van der Waals surface area contributed by atoms with E-state index in [-0.39, 0.29) is 51.0 Å². The number of esters is 1. The third-order valence-corrected chi connectivity index (χ3v) is 14.0. The van der Waals surface area contributed by atoms with Gasteiger partial charge < -0.3 is 63.8 Å². The molecule has 1 spiro atoms. The Morgan fingerprint density at radius 2 is 1.61 bits per heavy atom. The van der Waals surface area contributed by atoms with Gasteiger partial charge in [-0.25, -0.2) is 0 Å². The third-order valence-electron chi connectivity index (χ3n) is 14.0. The van der Waals surface area contributed by atoms with Crippen LogP contribution in [0.5, 0.6) is 0 Å². The smallest absolute Gasteiger partial charge is 0.311 e. The summed E-state index contributed by atoms with van der Waals surface area (Å²) in [5.41, 5.74) is -5.02. The summed E-state index contributed by atoms with van der Waals surface area (Å²) in [7, 11) is 5.47. The van der Waals surface area contributed by atoms with Gasteiger partial charge in [0.25, 0.3) is 0 Å². The number of cyclic esters (lactones) is 1. The molecule has 0 amide bonds. The van der Waals surface area contributed by atoms with Crippen LogP contribution in [0.2, 0.25) is 0 Å². The standard InChI is InChI=1S/C43H81N3O12.CH4/c1-16-18-46-23-43(58-30(46)9)29(8)54-33(21-41(43,11)52-15)56-35-26(5)37(57-39-34(47)31(45(13)14)19-25(4)53-39)40(10,50)20-24(3)22-44-28(7)36(48)42(12,51)32(17-2)55-38(49)27(35)6;/h24-37,39,44,47-48,50-51H,16-23H2,1-15H3;1H4/t24-,25-,26+,27-,28-,29+,30?,31+,32-,33+,34-,35+,36-,37-,39+,40-,41-,42-,43+;/m1./s1. The van der Waals surface area contributed by atoms with Gasteiger partial charge in [0, 0.05) is 44.6 Å². The molecule has 59 heavy (non-hydrogen) atoms. The van der Waals surface area contributed by atoms with Crippen LogP contribution in [0.3, 0.4) is 0 Å². The van der Waals surface area contributed by atoms with Gasteiger partial charge in [0.2, 0.25) is 0 Å². The van der Waals surface area contributed by atoms with Crippen molar-refractivity contribution in [2.24, 2.45) is 17.8 Å². The van der Waals surface area contributed by atoms with Gasteiger partial charge in [-0.15, -0.1) is 0 Å². The first-order valence-electron chi connectivity index (χ1n) is 21.9. The molecule has 348 valence electrons. The summed E-state index contributed by atoms with van der Waals surface area (Å²) in [6, 6.07) is -0.850. The van der Waals surface area contributed by atoms with Crippen molar-refractivity contribution in [3.63, 3.8) is 0 Å². The second kappa shape index (κ2) is 20.6. The number of hydrogen-bond acceptors (Lipinski definition) is 15. The van der Waals surface area contributed by atoms with Crippen LogP contribution in [0.25, 0.3) is 0 Å². The van der Waals surface area contributed by atoms with E-state index in [0.29, 0.717) is 19.5 Å². The molecule has 4 fully saturated rings. The summed E-state index contributed by atoms with van der Waals surface area (Å²) in [4.78, 5) is 18.7. The predicted molar refractivity (Wildman–Crippen MR) is 225 cm³/mol. The molecule has 4 aliphatic heterocycles. The lowest BCUT2D eigenvalue weighted by Crippen LogP contribution is -2.68. The number of carbonyl (C=O) groups is 1. The van der Waals surface area contributed by atoms with Crippen LogP contribution in [0.1, 0.15) is 123 Å².